The Morgan fingerprint density at radius 2 is 1.98 bits per heavy atom. The molecule has 0 amide bonds. The first kappa shape index (κ1) is 30.9. The number of hydrogen-bond acceptors (Lipinski definition) is 8. The van der Waals surface area contributed by atoms with Crippen molar-refractivity contribution in [3.8, 4) is 17.1 Å². The molecule has 0 radical (unpaired) electrons. The molecule has 13 heteroatoms. The largest absolute Gasteiger partial charge is 0.379 e. The average Bonchev–Trinajstić information content (AvgIpc) is 3.73. The maximum Gasteiger partial charge on any atom is 0.213 e. The highest BCUT2D eigenvalue weighted by Crippen LogP contribution is 2.34. The van der Waals surface area contributed by atoms with Gasteiger partial charge in [-0.15, -0.1) is 0 Å². The number of sulfonamides is 1. The van der Waals surface area contributed by atoms with Gasteiger partial charge < -0.3 is 19.6 Å². The Kier molecular flexibility index (Phi) is 8.93. The molecule has 0 saturated carbocycles. The molecule has 3 aromatic heterocycles. The number of hydrogen-bond donors (Lipinski definition) is 2. The predicted molar refractivity (Wildman–Crippen MR) is 175 cm³/mol. The average molecular weight is 685 g/mol. The second-order valence-electron chi connectivity index (χ2n) is 11.5. The summed E-state index contributed by atoms with van der Waals surface area (Å²) in [7, 11) is -3.23. The lowest BCUT2D eigenvalue weighted by Gasteiger charge is -2.25. The second kappa shape index (κ2) is 12.7. The van der Waals surface area contributed by atoms with Crippen molar-refractivity contribution in [1.29, 1.82) is 0 Å². The van der Waals surface area contributed by atoms with E-state index in [1.807, 2.05) is 12.1 Å². The third kappa shape index (κ3) is 6.34. The maximum absolute atomic E-state index is 12.8. The number of rotatable bonds is 10. The molecule has 1 atom stereocenters. The van der Waals surface area contributed by atoms with Gasteiger partial charge >= 0.3 is 0 Å². The Hall–Kier alpha value is -3.10. The lowest BCUT2D eigenvalue weighted by Crippen LogP contribution is -2.39. The van der Waals surface area contributed by atoms with E-state index in [0.717, 1.165) is 63.4 Å². The van der Waals surface area contributed by atoms with Crippen LogP contribution in [-0.2, 0) is 26.0 Å². The molecular weight excluding hydrogens is 646 g/mol. The molecule has 2 aliphatic rings. The van der Waals surface area contributed by atoms with Crippen LogP contribution in [0.15, 0.2) is 41.0 Å². The van der Waals surface area contributed by atoms with E-state index in [9.17, 15) is 13.2 Å². The number of ether oxygens (including phenoxy) is 1. The molecule has 2 fully saturated rings. The van der Waals surface area contributed by atoms with Crippen LogP contribution in [-0.4, -0.2) is 101 Å². The lowest BCUT2D eigenvalue weighted by molar-refractivity contribution is -0.120. The van der Waals surface area contributed by atoms with Gasteiger partial charge in [-0.25, -0.2) is 18.4 Å². The van der Waals surface area contributed by atoms with E-state index in [1.54, 1.807) is 17.4 Å². The molecule has 1 aromatic carbocycles. The van der Waals surface area contributed by atoms with Gasteiger partial charge in [-0.05, 0) is 66.9 Å². The minimum absolute atomic E-state index is 0.0249. The number of nitrogens with zero attached hydrogens (tertiary/aromatic N) is 5. The van der Waals surface area contributed by atoms with Crippen molar-refractivity contribution in [2.24, 2.45) is 0 Å². The van der Waals surface area contributed by atoms with E-state index in [2.05, 4.69) is 72.7 Å². The Morgan fingerprint density at radius 1 is 1.18 bits per heavy atom. The molecule has 0 unspecified atom stereocenters. The number of ketones is 1. The fraction of sp³-hybridized carbons (Fsp3) is 0.452. The normalized spacial score (nSPS) is 18.3. The van der Waals surface area contributed by atoms with E-state index < -0.39 is 10.0 Å². The highest BCUT2D eigenvalue weighted by molar-refractivity contribution is 9.10. The topological polar surface area (TPSA) is 125 Å². The lowest BCUT2D eigenvalue weighted by atomic mass is 10.1. The number of aromatic nitrogens is 4. The molecule has 44 heavy (non-hydrogen) atoms. The van der Waals surface area contributed by atoms with Gasteiger partial charge in [0.25, 0.3) is 0 Å². The molecule has 2 N–H and O–H groups in total. The molecule has 0 aliphatic carbocycles. The standard InChI is InChI=1S/C31H38BrN7O4S/c1-4-44(41,42)38-9-8-23(18-38)34-28-27(32)17-33-31-29(28)35-30(36-31)26-14-20(2)39(21(26)3)24-7-5-6-22(15-24)16-25(40)19-37-10-12-43-13-11-37/h5-7,14-15,17,23H,4,8-13,16,18-19H2,1-3H3,(H2,33,34,35,36)/t23-/m0/s1. The number of anilines is 1. The second-order valence-corrected chi connectivity index (χ2v) is 14.7. The number of aromatic amines is 1. The molecule has 5 heterocycles. The van der Waals surface area contributed by atoms with Gasteiger partial charge in [0.15, 0.2) is 11.4 Å². The van der Waals surface area contributed by atoms with Gasteiger partial charge in [-0.1, -0.05) is 12.1 Å². The van der Waals surface area contributed by atoms with Gasteiger partial charge in [0.1, 0.15) is 11.3 Å². The van der Waals surface area contributed by atoms with Gasteiger partial charge in [-0.2, -0.15) is 4.31 Å². The molecule has 0 spiro atoms. The van der Waals surface area contributed by atoms with Crippen LogP contribution in [0, 0.1) is 13.8 Å². The van der Waals surface area contributed by atoms with E-state index in [-0.39, 0.29) is 17.6 Å². The summed E-state index contributed by atoms with van der Waals surface area (Å²) < 4.78 is 34.7. The van der Waals surface area contributed by atoms with Crippen molar-refractivity contribution in [3.63, 3.8) is 0 Å². The number of aryl methyl sites for hydroxylation is 1. The highest BCUT2D eigenvalue weighted by Gasteiger charge is 2.31. The molecular formula is C31H38BrN7O4S. The summed E-state index contributed by atoms with van der Waals surface area (Å²) >= 11 is 3.63. The number of carbonyl (C=O) groups excluding carboxylic acids is 1. The van der Waals surface area contributed by atoms with E-state index in [1.165, 1.54) is 0 Å². The summed E-state index contributed by atoms with van der Waals surface area (Å²) in [6, 6.07) is 10.2. The number of benzene rings is 1. The van der Waals surface area contributed by atoms with Crippen molar-refractivity contribution < 1.29 is 17.9 Å². The molecule has 11 nitrogen and oxygen atoms in total. The summed E-state index contributed by atoms with van der Waals surface area (Å²) in [4.78, 5) is 27.9. The summed E-state index contributed by atoms with van der Waals surface area (Å²) in [5.74, 6) is 1.00. The predicted octanol–water partition coefficient (Wildman–Crippen LogP) is 4.07. The molecule has 2 aliphatic heterocycles. The zero-order chi connectivity index (χ0) is 31.0. The SMILES string of the molecule is CCS(=O)(=O)N1CC[C@H](Nc2c(Br)cnc3nc(-c4cc(C)n(-c5cccc(CC(=O)CN6CCOCC6)c5)c4C)[nH]c23)C1. The third-order valence-electron chi connectivity index (χ3n) is 8.49. The van der Waals surface area contributed by atoms with E-state index in [4.69, 9.17) is 9.72 Å². The van der Waals surface area contributed by atoms with Crippen LogP contribution in [0.1, 0.15) is 30.3 Å². The number of carbonyl (C=O) groups is 1. The summed E-state index contributed by atoms with van der Waals surface area (Å²) in [5, 5.41) is 3.54. The Morgan fingerprint density at radius 3 is 2.75 bits per heavy atom. The highest BCUT2D eigenvalue weighted by atomic mass is 79.9. The molecule has 2 saturated heterocycles. The molecule has 6 rings (SSSR count). The van der Waals surface area contributed by atoms with Crippen molar-refractivity contribution in [2.45, 2.75) is 39.7 Å². The maximum atomic E-state index is 12.8. The number of morpholine rings is 1. The Labute approximate surface area is 266 Å². The van der Waals surface area contributed by atoms with Crippen LogP contribution in [0.3, 0.4) is 0 Å². The summed E-state index contributed by atoms with van der Waals surface area (Å²) in [5.41, 5.74) is 7.16. The summed E-state index contributed by atoms with van der Waals surface area (Å²) in [6.45, 7) is 10.1. The quantitative estimate of drug-likeness (QED) is 0.256. The van der Waals surface area contributed by atoms with Gasteiger partial charge in [0, 0.05) is 67.5 Å². The fourth-order valence-electron chi connectivity index (χ4n) is 6.19. The first-order valence-corrected chi connectivity index (χ1v) is 17.4. The number of H-pyrrole nitrogens is 1. The first-order chi connectivity index (χ1) is 21.1. The van der Waals surface area contributed by atoms with Crippen molar-refractivity contribution >= 4 is 48.6 Å². The van der Waals surface area contributed by atoms with Crippen LogP contribution < -0.4 is 5.32 Å². The summed E-state index contributed by atoms with van der Waals surface area (Å²) in [6.07, 6.45) is 2.83. The van der Waals surface area contributed by atoms with Gasteiger partial charge in [-0.3, -0.25) is 9.69 Å². The smallest absolute Gasteiger partial charge is 0.213 e. The van der Waals surface area contributed by atoms with Crippen LogP contribution in [0.2, 0.25) is 0 Å². The fourth-order valence-corrected chi connectivity index (χ4v) is 7.76. The molecule has 4 aromatic rings. The number of halogens is 1. The Balaban J connectivity index is 1.24. The van der Waals surface area contributed by atoms with Crippen LogP contribution >= 0.6 is 15.9 Å². The number of nitrogens with one attached hydrogen (secondary N) is 2. The van der Waals surface area contributed by atoms with Gasteiger partial charge in [0.2, 0.25) is 10.0 Å². The van der Waals surface area contributed by atoms with E-state index in [0.29, 0.717) is 50.7 Å². The number of pyridine rings is 1. The zero-order valence-electron chi connectivity index (χ0n) is 25.3. The van der Waals surface area contributed by atoms with E-state index >= 15 is 0 Å². The number of Topliss-reactive ketones (excluding diaryl/α,β-unsaturated/α-hetero) is 1. The van der Waals surface area contributed by atoms with Crippen LogP contribution in [0.4, 0.5) is 5.69 Å². The van der Waals surface area contributed by atoms with Crippen LogP contribution in [0.5, 0.6) is 0 Å². The zero-order valence-corrected chi connectivity index (χ0v) is 27.7. The number of fused-ring (bicyclic) bond motifs is 1. The minimum atomic E-state index is -3.23. The number of imidazole rings is 1. The first-order valence-electron chi connectivity index (χ1n) is 15.0. The van der Waals surface area contributed by atoms with Crippen LogP contribution in [0.25, 0.3) is 28.2 Å². The third-order valence-corrected chi connectivity index (χ3v) is 10.9. The minimum Gasteiger partial charge on any atom is -0.379 e. The van der Waals surface area contributed by atoms with Crippen molar-refractivity contribution in [2.75, 3.05) is 57.0 Å². The monoisotopic (exact) mass is 683 g/mol. The van der Waals surface area contributed by atoms with Gasteiger partial charge in [0.05, 0.1) is 35.7 Å². The molecule has 234 valence electrons. The molecule has 0 bridgehead atoms. The van der Waals surface area contributed by atoms with Crippen molar-refractivity contribution in [1.82, 2.24) is 28.7 Å². The van der Waals surface area contributed by atoms with Crippen molar-refractivity contribution in [3.05, 3.63) is 58.0 Å². The Bertz CT molecular complexity index is 1800.